The molecule has 0 saturated carbocycles. The standard InChI is InChI=1S/C13H11NO3/c1-9(15)17-11-8-6-4-2-3-5-7-10-12(11)14-13(10)16/h2,4,10-12H,7H2,1H3,(H,14,16). The monoisotopic (exact) mass is 229 g/mol. The van der Waals surface area contributed by atoms with Crippen LogP contribution in [0.25, 0.3) is 0 Å². The summed E-state index contributed by atoms with van der Waals surface area (Å²) >= 11 is 0. The molecule has 3 atom stereocenters. The Morgan fingerprint density at radius 1 is 1.47 bits per heavy atom. The molecule has 1 saturated heterocycles. The molecule has 0 aromatic carbocycles. The molecule has 4 heteroatoms. The van der Waals surface area contributed by atoms with Crippen LogP contribution >= 0.6 is 0 Å². The van der Waals surface area contributed by atoms with Gasteiger partial charge in [0, 0.05) is 13.3 Å². The number of hydrogen-bond donors (Lipinski definition) is 1. The van der Waals surface area contributed by atoms with Crippen LogP contribution in [0.5, 0.6) is 0 Å². The fourth-order valence-electron chi connectivity index (χ4n) is 1.76. The number of carbonyl (C=O) groups is 2. The predicted octanol–water partition coefficient (Wildman–Crippen LogP) is -0.000600. The number of esters is 1. The fourth-order valence-corrected chi connectivity index (χ4v) is 1.76. The number of hydrogen-bond acceptors (Lipinski definition) is 3. The van der Waals surface area contributed by atoms with E-state index < -0.39 is 12.1 Å². The Balaban J connectivity index is 2.21. The van der Waals surface area contributed by atoms with Crippen molar-refractivity contribution >= 4 is 11.9 Å². The SMILES string of the molecule is CC(=O)OC1C#CC=CC#CCC2C(=O)NC12. The Labute approximate surface area is 99.4 Å². The van der Waals surface area contributed by atoms with Crippen LogP contribution in [0.4, 0.5) is 0 Å². The zero-order chi connectivity index (χ0) is 12.3. The average Bonchev–Trinajstić information content (AvgIpc) is 2.27. The molecule has 1 aliphatic carbocycles. The van der Waals surface area contributed by atoms with Crippen LogP contribution in [0, 0.1) is 29.6 Å². The molecule has 2 aliphatic rings. The highest BCUT2D eigenvalue weighted by Gasteiger charge is 2.44. The summed E-state index contributed by atoms with van der Waals surface area (Å²) in [6, 6.07) is -0.250. The predicted molar refractivity (Wildman–Crippen MR) is 60.3 cm³/mol. The molecule has 1 amide bonds. The molecule has 1 fully saturated rings. The Kier molecular flexibility index (Phi) is 3.16. The van der Waals surface area contributed by atoms with Crippen molar-refractivity contribution in [2.24, 2.45) is 5.92 Å². The molecule has 1 heterocycles. The first-order valence-electron chi connectivity index (χ1n) is 5.30. The van der Waals surface area contributed by atoms with Gasteiger partial charge in [0.25, 0.3) is 0 Å². The highest BCUT2D eigenvalue weighted by Crippen LogP contribution is 2.23. The van der Waals surface area contributed by atoms with E-state index in [-0.39, 0.29) is 17.9 Å². The zero-order valence-electron chi connectivity index (χ0n) is 9.32. The first-order chi connectivity index (χ1) is 8.18. The number of β-lactam (4-membered cyclic amide) rings is 1. The Morgan fingerprint density at radius 2 is 2.24 bits per heavy atom. The van der Waals surface area contributed by atoms with Crippen molar-refractivity contribution in [3.8, 4) is 23.7 Å². The maximum Gasteiger partial charge on any atom is 0.303 e. The molecular weight excluding hydrogens is 218 g/mol. The van der Waals surface area contributed by atoms with Gasteiger partial charge in [0.15, 0.2) is 6.10 Å². The van der Waals surface area contributed by atoms with E-state index in [1.54, 1.807) is 12.2 Å². The molecule has 2 rings (SSSR count). The number of fused-ring (bicyclic) bond motifs is 1. The molecule has 17 heavy (non-hydrogen) atoms. The van der Waals surface area contributed by atoms with Gasteiger partial charge in [-0.1, -0.05) is 23.7 Å². The van der Waals surface area contributed by atoms with Crippen molar-refractivity contribution in [3.05, 3.63) is 12.2 Å². The van der Waals surface area contributed by atoms with Gasteiger partial charge in [0.1, 0.15) is 0 Å². The van der Waals surface area contributed by atoms with Crippen molar-refractivity contribution in [1.29, 1.82) is 0 Å². The van der Waals surface area contributed by atoms with Gasteiger partial charge in [-0.15, -0.1) is 0 Å². The van der Waals surface area contributed by atoms with Crippen LogP contribution in [-0.2, 0) is 14.3 Å². The largest absolute Gasteiger partial charge is 0.447 e. The Hall–Kier alpha value is -2.20. The summed E-state index contributed by atoms with van der Waals surface area (Å²) < 4.78 is 5.10. The quantitative estimate of drug-likeness (QED) is 0.391. The summed E-state index contributed by atoms with van der Waals surface area (Å²) in [5.74, 6) is 10.5. The van der Waals surface area contributed by atoms with E-state index in [1.807, 2.05) is 0 Å². The summed E-state index contributed by atoms with van der Waals surface area (Å²) in [5.41, 5.74) is 0. The minimum atomic E-state index is -0.597. The van der Waals surface area contributed by atoms with E-state index in [9.17, 15) is 9.59 Å². The average molecular weight is 229 g/mol. The molecule has 0 aromatic heterocycles. The molecule has 86 valence electrons. The van der Waals surface area contributed by atoms with Crippen LogP contribution in [0.2, 0.25) is 0 Å². The lowest BCUT2D eigenvalue weighted by Gasteiger charge is -2.38. The minimum Gasteiger partial charge on any atom is -0.447 e. The number of ether oxygens (including phenoxy) is 1. The van der Waals surface area contributed by atoms with Crippen LogP contribution in [0.3, 0.4) is 0 Å². The van der Waals surface area contributed by atoms with Crippen molar-refractivity contribution in [2.45, 2.75) is 25.5 Å². The van der Waals surface area contributed by atoms with E-state index in [1.165, 1.54) is 6.92 Å². The number of amides is 1. The fraction of sp³-hybridized carbons (Fsp3) is 0.385. The lowest BCUT2D eigenvalue weighted by molar-refractivity contribution is -0.152. The van der Waals surface area contributed by atoms with Gasteiger partial charge >= 0.3 is 5.97 Å². The molecular formula is C13H11NO3. The maximum absolute atomic E-state index is 11.4. The molecule has 0 bridgehead atoms. The molecule has 0 radical (unpaired) electrons. The van der Waals surface area contributed by atoms with E-state index in [0.29, 0.717) is 6.42 Å². The van der Waals surface area contributed by atoms with Gasteiger partial charge in [-0.05, 0) is 12.2 Å². The third-order valence-electron chi connectivity index (χ3n) is 2.60. The topological polar surface area (TPSA) is 55.4 Å². The molecule has 4 nitrogen and oxygen atoms in total. The van der Waals surface area contributed by atoms with Crippen LogP contribution < -0.4 is 5.32 Å². The van der Waals surface area contributed by atoms with Crippen molar-refractivity contribution in [2.75, 3.05) is 0 Å². The summed E-state index contributed by atoms with van der Waals surface area (Å²) in [4.78, 5) is 22.3. The second-order valence-electron chi connectivity index (χ2n) is 3.82. The van der Waals surface area contributed by atoms with E-state index in [4.69, 9.17) is 4.74 Å². The summed E-state index contributed by atoms with van der Waals surface area (Å²) in [7, 11) is 0. The van der Waals surface area contributed by atoms with Gasteiger partial charge in [-0.3, -0.25) is 9.59 Å². The van der Waals surface area contributed by atoms with Crippen LogP contribution in [0.15, 0.2) is 12.2 Å². The Bertz CT molecular complexity index is 498. The Morgan fingerprint density at radius 3 is 2.94 bits per heavy atom. The minimum absolute atomic E-state index is 0.0622. The van der Waals surface area contributed by atoms with Crippen molar-refractivity contribution in [1.82, 2.24) is 5.32 Å². The van der Waals surface area contributed by atoms with Gasteiger partial charge in [-0.25, -0.2) is 0 Å². The number of rotatable bonds is 1. The first-order valence-corrected chi connectivity index (χ1v) is 5.30. The van der Waals surface area contributed by atoms with Gasteiger partial charge in [0.05, 0.1) is 12.0 Å². The lowest BCUT2D eigenvalue weighted by atomic mass is 9.84. The number of carbonyl (C=O) groups excluding carboxylic acids is 2. The maximum atomic E-state index is 11.4. The van der Waals surface area contributed by atoms with Crippen molar-refractivity contribution < 1.29 is 14.3 Å². The van der Waals surface area contributed by atoms with Crippen LogP contribution in [0.1, 0.15) is 13.3 Å². The second kappa shape index (κ2) is 4.76. The third-order valence-corrected chi connectivity index (χ3v) is 2.60. The summed E-state index contributed by atoms with van der Waals surface area (Å²) in [6.07, 6.45) is 3.08. The highest BCUT2D eigenvalue weighted by atomic mass is 16.5. The van der Waals surface area contributed by atoms with Crippen molar-refractivity contribution in [3.63, 3.8) is 0 Å². The molecule has 1 aliphatic heterocycles. The normalized spacial score (nSPS) is 29.2. The smallest absolute Gasteiger partial charge is 0.303 e. The number of nitrogens with one attached hydrogen (secondary N) is 1. The highest BCUT2D eigenvalue weighted by molar-refractivity contribution is 5.86. The van der Waals surface area contributed by atoms with Gasteiger partial charge in [-0.2, -0.15) is 0 Å². The van der Waals surface area contributed by atoms with Crippen LogP contribution in [-0.4, -0.2) is 24.0 Å². The molecule has 0 aromatic rings. The molecule has 1 N–H and O–H groups in total. The second-order valence-corrected chi connectivity index (χ2v) is 3.82. The lowest BCUT2D eigenvalue weighted by Crippen LogP contribution is -2.63. The van der Waals surface area contributed by atoms with E-state index >= 15 is 0 Å². The first kappa shape index (κ1) is 11.3. The van der Waals surface area contributed by atoms with E-state index in [0.717, 1.165) is 0 Å². The van der Waals surface area contributed by atoms with E-state index in [2.05, 4.69) is 29.0 Å². The van der Waals surface area contributed by atoms with Gasteiger partial charge < -0.3 is 10.1 Å². The van der Waals surface area contributed by atoms with Gasteiger partial charge in [0.2, 0.25) is 5.91 Å². The number of allylic oxidation sites excluding steroid dienone is 2. The zero-order valence-corrected chi connectivity index (χ0v) is 9.32. The third kappa shape index (κ3) is 2.49. The summed E-state index contributed by atoms with van der Waals surface area (Å²) in [5, 5.41) is 2.71. The molecule has 0 spiro atoms. The summed E-state index contributed by atoms with van der Waals surface area (Å²) in [6.45, 7) is 1.33. The molecule has 3 unspecified atom stereocenters.